The summed E-state index contributed by atoms with van der Waals surface area (Å²) in [5.41, 5.74) is 7.29. The fourth-order valence-electron chi connectivity index (χ4n) is 1.88. The first kappa shape index (κ1) is 15.0. The van der Waals surface area contributed by atoms with Crippen LogP contribution in [0.25, 0.3) is 0 Å². The summed E-state index contributed by atoms with van der Waals surface area (Å²) in [5.74, 6) is 0. The highest BCUT2D eigenvalue weighted by Crippen LogP contribution is 2.27. The van der Waals surface area contributed by atoms with Crippen molar-refractivity contribution in [2.75, 3.05) is 0 Å². The molecule has 0 bridgehead atoms. The van der Waals surface area contributed by atoms with Gasteiger partial charge in [0.05, 0.1) is 5.02 Å². The predicted octanol–water partition coefficient (Wildman–Crippen LogP) is 5.46. The summed E-state index contributed by atoms with van der Waals surface area (Å²) in [4.78, 5) is 0. The van der Waals surface area contributed by atoms with Gasteiger partial charge in [0.15, 0.2) is 0 Å². The molecule has 0 spiro atoms. The molecule has 0 aliphatic rings. The largest absolute Gasteiger partial charge is 0.324 e. The number of unbranched alkanes of at least 4 members (excludes halogenated alkanes) is 4. The number of benzene rings is 1. The second kappa shape index (κ2) is 8.12. The second-order valence-electron chi connectivity index (χ2n) is 4.48. The van der Waals surface area contributed by atoms with Gasteiger partial charge in [-0.1, -0.05) is 56.7 Å². The fraction of sp³-hybridized carbons (Fsp3) is 0.571. The summed E-state index contributed by atoms with van der Waals surface area (Å²) in [5, 5.41) is 0.740. The van der Waals surface area contributed by atoms with Gasteiger partial charge in [0, 0.05) is 10.5 Å². The molecule has 0 fully saturated rings. The summed E-state index contributed by atoms with van der Waals surface area (Å²) < 4.78 is 0.929. The van der Waals surface area contributed by atoms with Crippen LogP contribution in [0.15, 0.2) is 22.7 Å². The first-order valence-electron chi connectivity index (χ1n) is 6.35. The molecule has 17 heavy (non-hydrogen) atoms. The van der Waals surface area contributed by atoms with Crippen LogP contribution >= 0.6 is 27.5 Å². The zero-order chi connectivity index (χ0) is 12.7. The van der Waals surface area contributed by atoms with E-state index in [0.717, 1.165) is 21.5 Å². The minimum atomic E-state index is 0.113. The van der Waals surface area contributed by atoms with Crippen molar-refractivity contribution < 1.29 is 0 Å². The molecule has 3 heteroatoms. The van der Waals surface area contributed by atoms with Crippen LogP contribution in [0.5, 0.6) is 0 Å². The third kappa shape index (κ3) is 5.41. The third-order valence-electron chi connectivity index (χ3n) is 2.99. The maximum atomic E-state index is 6.15. The van der Waals surface area contributed by atoms with Gasteiger partial charge >= 0.3 is 0 Å². The lowest BCUT2D eigenvalue weighted by Crippen LogP contribution is -2.10. The SMILES string of the molecule is CCCCCCCC(N)c1ccc(Br)c(Cl)c1. The molecule has 1 atom stereocenters. The van der Waals surface area contributed by atoms with Gasteiger partial charge in [0.1, 0.15) is 0 Å². The van der Waals surface area contributed by atoms with E-state index in [0.29, 0.717) is 0 Å². The molecule has 0 saturated carbocycles. The van der Waals surface area contributed by atoms with Crippen LogP contribution in [-0.4, -0.2) is 0 Å². The Balaban J connectivity index is 2.36. The lowest BCUT2D eigenvalue weighted by Gasteiger charge is -2.12. The van der Waals surface area contributed by atoms with E-state index in [2.05, 4.69) is 22.9 Å². The van der Waals surface area contributed by atoms with Gasteiger partial charge < -0.3 is 5.73 Å². The molecular weight excluding hydrogens is 298 g/mol. The molecule has 0 saturated heterocycles. The lowest BCUT2D eigenvalue weighted by atomic mass is 10.0. The van der Waals surface area contributed by atoms with Crippen LogP contribution in [0.3, 0.4) is 0 Å². The minimum absolute atomic E-state index is 0.113. The van der Waals surface area contributed by atoms with Crippen molar-refractivity contribution in [1.29, 1.82) is 0 Å². The molecular formula is C14H21BrClN. The monoisotopic (exact) mass is 317 g/mol. The van der Waals surface area contributed by atoms with E-state index in [1.165, 1.54) is 32.1 Å². The van der Waals surface area contributed by atoms with Crippen LogP contribution in [0.2, 0.25) is 5.02 Å². The van der Waals surface area contributed by atoms with E-state index in [-0.39, 0.29) is 6.04 Å². The van der Waals surface area contributed by atoms with Gasteiger partial charge in [-0.15, -0.1) is 0 Å². The van der Waals surface area contributed by atoms with Crippen LogP contribution in [-0.2, 0) is 0 Å². The topological polar surface area (TPSA) is 26.0 Å². The molecule has 0 radical (unpaired) electrons. The smallest absolute Gasteiger partial charge is 0.0551 e. The van der Waals surface area contributed by atoms with Crippen molar-refractivity contribution in [1.82, 2.24) is 0 Å². The van der Waals surface area contributed by atoms with Crippen molar-refractivity contribution in [2.24, 2.45) is 5.73 Å². The Bertz CT molecular complexity index is 341. The van der Waals surface area contributed by atoms with E-state index in [1.54, 1.807) is 0 Å². The quantitative estimate of drug-likeness (QED) is 0.663. The second-order valence-corrected chi connectivity index (χ2v) is 5.74. The zero-order valence-electron chi connectivity index (χ0n) is 10.4. The number of nitrogens with two attached hydrogens (primary N) is 1. The first-order valence-corrected chi connectivity index (χ1v) is 7.52. The maximum Gasteiger partial charge on any atom is 0.0551 e. The Morgan fingerprint density at radius 3 is 2.59 bits per heavy atom. The molecule has 0 aliphatic carbocycles. The molecule has 96 valence electrons. The number of rotatable bonds is 7. The lowest BCUT2D eigenvalue weighted by molar-refractivity contribution is 0.555. The number of hydrogen-bond acceptors (Lipinski definition) is 1. The summed E-state index contributed by atoms with van der Waals surface area (Å²) in [6.07, 6.45) is 7.47. The van der Waals surface area contributed by atoms with Crippen molar-refractivity contribution in [3.8, 4) is 0 Å². The predicted molar refractivity (Wildman–Crippen MR) is 79.5 cm³/mol. The Kier molecular flexibility index (Phi) is 7.17. The molecule has 1 rings (SSSR count). The number of hydrogen-bond donors (Lipinski definition) is 1. The van der Waals surface area contributed by atoms with Crippen molar-refractivity contribution in [2.45, 2.75) is 51.5 Å². The van der Waals surface area contributed by atoms with Crippen molar-refractivity contribution in [3.63, 3.8) is 0 Å². The minimum Gasteiger partial charge on any atom is -0.324 e. The van der Waals surface area contributed by atoms with Gasteiger partial charge in [-0.25, -0.2) is 0 Å². The van der Waals surface area contributed by atoms with Crippen LogP contribution in [0.4, 0.5) is 0 Å². The standard InChI is InChI=1S/C14H21BrClN/c1-2-3-4-5-6-7-14(17)11-8-9-12(15)13(16)10-11/h8-10,14H,2-7,17H2,1H3. The average molecular weight is 319 g/mol. The van der Waals surface area contributed by atoms with Gasteiger partial charge in [0.2, 0.25) is 0 Å². The molecule has 2 N–H and O–H groups in total. The Hall–Kier alpha value is -0.0500. The van der Waals surface area contributed by atoms with Gasteiger partial charge in [0.25, 0.3) is 0 Å². The molecule has 1 unspecified atom stereocenters. The molecule has 1 nitrogen and oxygen atoms in total. The number of halogens is 2. The summed E-state index contributed by atoms with van der Waals surface area (Å²) in [6, 6.07) is 6.09. The van der Waals surface area contributed by atoms with E-state index < -0.39 is 0 Å². The summed E-state index contributed by atoms with van der Waals surface area (Å²) in [6.45, 7) is 2.23. The van der Waals surface area contributed by atoms with Gasteiger partial charge in [-0.2, -0.15) is 0 Å². The van der Waals surface area contributed by atoms with E-state index in [4.69, 9.17) is 17.3 Å². The average Bonchev–Trinajstić information content (AvgIpc) is 2.32. The molecule has 0 aromatic heterocycles. The Morgan fingerprint density at radius 2 is 1.94 bits per heavy atom. The Morgan fingerprint density at radius 1 is 1.24 bits per heavy atom. The molecule has 1 aromatic carbocycles. The highest BCUT2D eigenvalue weighted by Gasteiger charge is 2.07. The van der Waals surface area contributed by atoms with Gasteiger partial charge in [-0.3, -0.25) is 0 Å². The van der Waals surface area contributed by atoms with Crippen LogP contribution in [0, 0.1) is 0 Å². The fourth-order valence-corrected chi connectivity index (χ4v) is 2.31. The van der Waals surface area contributed by atoms with E-state index >= 15 is 0 Å². The van der Waals surface area contributed by atoms with Crippen molar-refractivity contribution >= 4 is 27.5 Å². The van der Waals surface area contributed by atoms with E-state index in [9.17, 15) is 0 Å². The van der Waals surface area contributed by atoms with Crippen LogP contribution < -0.4 is 5.73 Å². The zero-order valence-corrected chi connectivity index (χ0v) is 12.7. The third-order valence-corrected chi connectivity index (χ3v) is 4.22. The van der Waals surface area contributed by atoms with Crippen LogP contribution in [0.1, 0.15) is 57.1 Å². The summed E-state index contributed by atoms with van der Waals surface area (Å²) >= 11 is 9.44. The highest BCUT2D eigenvalue weighted by atomic mass is 79.9. The molecule has 0 aliphatic heterocycles. The first-order chi connectivity index (χ1) is 8.15. The maximum absolute atomic E-state index is 6.15. The normalized spacial score (nSPS) is 12.7. The Labute approximate surface area is 118 Å². The molecule has 0 heterocycles. The molecule has 1 aromatic rings. The highest BCUT2D eigenvalue weighted by molar-refractivity contribution is 9.10. The molecule has 0 amide bonds. The van der Waals surface area contributed by atoms with Gasteiger partial charge in [-0.05, 0) is 40.0 Å². The summed E-state index contributed by atoms with van der Waals surface area (Å²) in [7, 11) is 0. The van der Waals surface area contributed by atoms with E-state index in [1.807, 2.05) is 18.2 Å². The van der Waals surface area contributed by atoms with Crippen molar-refractivity contribution in [3.05, 3.63) is 33.3 Å².